The Morgan fingerprint density at radius 1 is 1.27 bits per heavy atom. The second-order valence-corrected chi connectivity index (χ2v) is 4.96. The molecule has 1 amide bonds. The summed E-state index contributed by atoms with van der Waals surface area (Å²) in [7, 11) is 1.56. The average Bonchev–Trinajstić information content (AvgIpc) is 2.00. The van der Waals surface area contributed by atoms with Crippen molar-refractivity contribution in [3.05, 3.63) is 0 Å². The molecule has 0 N–H and O–H groups in total. The average molecular weight is 215 g/mol. The molecule has 0 rings (SSSR count). The summed E-state index contributed by atoms with van der Waals surface area (Å²) in [6.07, 6.45) is -0.462. The van der Waals surface area contributed by atoms with Crippen molar-refractivity contribution in [2.45, 2.75) is 40.2 Å². The summed E-state index contributed by atoms with van der Waals surface area (Å²) in [5.74, 6) is -0.0294. The van der Waals surface area contributed by atoms with Gasteiger partial charge in [-0.3, -0.25) is 4.79 Å². The first-order valence-electron chi connectivity index (χ1n) is 5.10. The maximum atomic E-state index is 11.5. The number of amides is 1. The molecule has 0 aromatic heterocycles. The lowest BCUT2D eigenvalue weighted by molar-refractivity contribution is -0.122. The largest absolute Gasteiger partial charge is 0.444 e. The van der Waals surface area contributed by atoms with Gasteiger partial charge in [0.2, 0.25) is 0 Å². The number of likely N-dealkylation sites (N-methyl/N-ethyl adjacent to an activating group) is 1. The summed E-state index contributed by atoms with van der Waals surface area (Å²) >= 11 is 0. The van der Waals surface area contributed by atoms with Gasteiger partial charge in [-0.1, -0.05) is 13.8 Å². The third-order valence-electron chi connectivity index (χ3n) is 1.74. The van der Waals surface area contributed by atoms with Crippen LogP contribution in [0.2, 0.25) is 0 Å². The predicted octanol–water partition coefficient (Wildman–Crippen LogP) is 2.08. The summed E-state index contributed by atoms with van der Waals surface area (Å²) in [6.45, 7) is 9.11. The number of rotatable bonds is 3. The van der Waals surface area contributed by atoms with Crippen molar-refractivity contribution < 1.29 is 14.3 Å². The van der Waals surface area contributed by atoms with Crippen molar-refractivity contribution in [3.63, 3.8) is 0 Å². The van der Waals surface area contributed by atoms with Gasteiger partial charge in [0.1, 0.15) is 5.60 Å². The Morgan fingerprint density at radius 3 is 2.07 bits per heavy atom. The van der Waals surface area contributed by atoms with Crippen LogP contribution in [0.25, 0.3) is 0 Å². The van der Waals surface area contributed by atoms with E-state index in [0.29, 0.717) is 0 Å². The van der Waals surface area contributed by atoms with Gasteiger partial charge in [-0.15, -0.1) is 0 Å². The highest BCUT2D eigenvalue weighted by molar-refractivity contribution is 5.85. The first-order chi connectivity index (χ1) is 6.63. The van der Waals surface area contributed by atoms with Gasteiger partial charge in [-0.2, -0.15) is 0 Å². The molecule has 0 heterocycles. The lowest BCUT2D eigenvalue weighted by atomic mass is 10.1. The number of hydrogen-bond acceptors (Lipinski definition) is 3. The fourth-order valence-electron chi connectivity index (χ4n) is 0.821. The zero-order chi connectivity index (χ0) is 12.2. The highest BCUT2D eigenvalue weighted by Gasteiger charge is 2.21. The first-order valence-corrected chi connectivity index (χ1v) is 5.10. The predicted molar refractivity (Wildman–Crippen MR) is 58.7 cm³/mol. The molecule has 88 valence electrons. The topological polar surface area (TPSA) is 46.6 Å². The van der Waals surface area contributed by atoms with E-state index in [2.05, 4.69) is 0 Å². The van der Waals surface area contributed by atoms with E-state index >= 15 is 0 Å². The summed E-state index contributed by atoms with van der Waals surface area (Å²) in [6, 6.07) is 0. The Morgan fingerprint density at radius 2 is 1.73 bits per heavy atom. The second kappa shape index (κ2) is 5.14. The number of hydrogen-bond donors (Lipinski definition) is 0. The molecular weight excluding hydrogens is 194 g/mol. The van der Waals surface area contributed by atoms with Crippen LogP contribution < -0.4 is 0 Å². The first kappa shape index (κ1) is 13.9. The number of nitrogens with zero attached hydrogens (tertiary/aromatic N) is 1. The third-order valence-corrected chi connectivity index (χ3v) is 1.74. The van der Waals surface area contributed by atoms with E-state index in [1.54, 1.807) is 27.8 Å². The molecule has 15 heavy (non-hydrogen) atoms. The SMILES string of the molecule is CC(C)C(=O)CN(C)C(=O)OC(C)(C)C. The number of ketones is 1. The molecule has 0 spiro atoms. The fourth-order valence-corrected chi connectivity index (χ4v) is 0.821. The molecule has 0 aliphatic heterocycles. The van der Waals surface area contributed by atoms with Crippen molar-refractivity contribution >= 4 is 11.9 Å². The van der Waals surface area contributed by atoms with Gasteiger partial charge >= 0.3 is 6.09 Å². The summed E-state index contributed by atoms with van der Waals surface area (Å²) in [5.41, 5.74) is -0.522. The van der Waals surface area contributed by atoms with Crippen molar-refractivity contribution in [1.29, 1.82) is 0 Å². The number of carbonyl (C=O) groups is 2. The van der Waals surface area contributed by atoms with E-state index in [1.807, 2.05) is 13.8 Å². The van der Waals surface area contributed by atoms with E-state index < -0.39 is 11.7 Å². The summed E-state index contributed by atoms with van der Waals surface area (Å²) in [5, 5.41) is 0. The van der Waals surface area contributed by atoms with Crippen LogP contribution in [0.3, 0.4) is 0 Å². The molecule has 0 bridgehead atoms. The van der Waals surface area contributed by atoms with Gasteiger partial charge in [0.15, 0.2) is 5.78 Å². The molecule has 4 nitrogen and oxygen atoms in total. The maximum absolute atomic E-state index is 11.5. The fraction of sp³-hybridized carbons (Fsp3) is 0.818. The minimum atomic E-state index is -0.522. The molecule has 0 aromatic rings. The van der Waals surface area contributed by atoms with Crippen molar-refractivity contribution in [3.8, 4) is 0 Å². The molecule has 4 heteroatoms. The molecule has 0 aliphatic carbocycles. The minimum absolute atomic E-state index is 0.0309. The Kier molecular flexibility index (Phi) is 4.78. The monoisotopic (exact) mass is 215 g/mol. The van der Waals surface area contributed by atoms with Crippen LogP contribution >= 0.6 is 0 Å². The smallest absolute Gasteiger partial charge is 0.410 e. The van der Waals surface area contributed by atoms with Gasteiger partial charge in [0.05, 0.1) is 6.54 Å². The number of carbonyl (C=O) groups excluding carboxylic acids is 2. The van der Waals surface area contributed by atoms with Gasteiger partial charge in [-0.05, 0) is 20.8 Å². The number of ether oxygens (including phenoxy) is 1. The normalized spacial score (nSPS) is 11.4. The molecule has 0 saturated carbocycles. The van der Waals surface area contributed by atoms with Crippen LogP contribution in [-0.4, -0.2) is 36.0 Å². The zero-order valence-electron chi connectivity index (χ0n) is 10.5. The minimum Gasteiger partial charge on any atom is -0.444 e. The highest BCUT2D eigenvalue weighted by atomic mass is 16.6. The van der Waals surface area contributed by atoms with Gasteiger partial charge < -0.3 is 9.64 Å². The Labute approximate surface area is 91.6 Å². The van der Waals surface area contributed by atoms with E-state index in [0.717, 1.165) is 0 Å². The Hall–Kier alpha value is -1.06. The van der Waals surface area contributed by atoms with Crippen LogP contribution in [0.15, 0.2) is 0 Å². The summed E-state index contributed by atoms with van der Waals surface area (Å²) in [4.78, 5) is 24.1. The van der Waals surface area contributed by atoms with Crippen LogP contribution in [0, 0.1) is 5.92 Å². The van der Waals surface area contributed by atoms with Crippen molar-refractivity contribution in [1.82, 2.24) is 4.90 Å². The van der Waals surface area contributed by atoms with Gasteiger partial charge in [0, 0.05) is 13.0 Å². The van der Waals surface area contributed by atoms with E-state index in [-0.39, 0.29) is 18.2 Å². The zero-order valence-corrected chi connectivity index (χ0v) is 10.5. The molecular formula is C11H21NO3. The Balaban J connectivity index is 4.17. The van der Waals surface area contributed by atoms with Gasteiger partial charge in [-0.25, -0.2) is 4.79 Å². The molecule has 0 saturated heterocycles. The van der Waals surface area contributed by atoms with Crippen LogP contribution in [0.4, 0.5) is 4.79 Å². The number of Topliss-reactive ketones (excluding diaryl/α,β-unsaturated/α-hetero) is 1. The molecule has 0 atom stereocenters. The van der Waals surface area contributed by atoms with Crippen LogP contribution in [0.5, 0.6) is 0 Å². The lowest BCUT2D eigenvalue weighted by Gasteiger charge is -2.24. The standard InChI is InChI=1S/C11H21NO3/c1-8(2)9(13)7-12(6)10(14)15-11(3,4)5/h8H,7H2,1-6H3. The molecule has 0 aliphatic rings. The summed E-state index contributed by atoms with van der Waals surface area (Å²) < 4.78 is 5.11. The molecule has 0 unspecified atom stereocenters. The van der Waals surface area contributed by atoms with Crippen LogP contribution in [-0.2, 0) is 9.53 Å². The Bertz CT molecular complexity index is 241. The van der Waals surface area contributed by atoms with Crippen molar-refractivity contribution in [2.24, 2.45) is 5.92 Å². The maximum Gasteiger partial charge on any atom is 0.410 e. The van der Waals surface area contributed by atoms with Gasteiger partial charge in [0.25, 0.3) is 0 Å². The van der Waals surface area contributed by atoms with E-state index in [1.165, 1.54) is 4.90 Å². The molecule has 0 fully saturated rings. The molecule has 0 radical (unpaired) electrons. The van der Waals surface area contributed by atoms with E-state index in [4.69, 9.17) is 4.74 Å². The highest BCUT2D eigenvalue weighted by Crippen LogP contribution is 2.09. The quantitative estimate of drug-likeness (QED) is 0.724. The third kappa shape index (κ3) is 6.10. The van der Waals surface area contributed by atoms with E-state index in [9.17, 15) is 9.59 Å². The lowest BCUT2D eigenvalue weighted by Crippen LogP contribution is -2.38. The molecule has 0 aromatic carbocycles. The van der Waals surface area contributed by atoms with Crippen LogP contribution in [0.1, 0.15) is 34.6 Å². The second-order valence-electron chi connectivity index (χ2n) is 4.96. The van der Waals surface area contributed by atoms with Crippen molar-refractivity contribution in [2.75, 3.05) is 13.6 Å².